The number of thiophene rings is 1. The largest absolute Gasteiger partial charge is 0.477 e. The lowest BCUT2D eigenvalue weighted by molar-refractivity contribution is 0.0698. The summed E-state index contributed by atoms with van der Waals surface area (Å²) in [5.41, 5.74) is 0.322. The summed E-state index contributed by atoms with van der Waals surface area (Å²) in [6, 6.07) is 7.22. The van der Waals surface area contributed by atoms with Crippen LogP contribution < -0.4 is 0 Å². The SMILES string of the molecule is CC(=O)c1c(C(=O)O)sc2ccccc12. The molecule has 1 heterocycles. The van der Waals surface area contributed by atoms with Crippen LogP contribution in [0.1, 0.15) is 27.0 Å². The van der Waals surface area contributed by atoms with Crippen LogP contribution in [0.5, 0.6) is 0 Å². The molecule has 0 aliphatic heterocycles. The van der Waals surface area contributed by atoms with Crippen molar-refractivity contribution in [3.8, 4) is 0 Å². The van der Waals surface area contributed by atoms with Crippen LogP contribution in [0.25, 0.3) is 10.1 Å². The van der Waals surface area contributed by atoms with Crippen LogP contribution in [-0.4, -0.2) is 16.9 Å². The summed E-state index contributed by atoms with van der Waals surface area (Å²) in [6.45, 7) is 1.39. The van der Waals surface area contributed by atoms with E-state index in [-0.39, 0.29) is 10.7 Å². The van der Waals surface area contributed by atoms with Crippen molar-refractivity contribution in [1.29, 1.82) is 0 Å². The Bertz CT molecular complexity index is 554. The lowest BCUT2D eigenvalue weighted by Gasteiger charge is -1.94. The maximum atomic E-state index is 11.4. The first-order valence-corrected chi connectivity index (χ1v) is 5.18. The van der Waals surface area contributed by atoms with Crippen molar-refractivity contribution in [2.24, 2.45) is 0 Å². The van der Waals surface area contributed by atoms with E-state index in [0.29, 0.717) is 5.56 Å². The summed E-state index contributed by atoms with van der Waals surface area (Å²) < 4.78 is 0.833. The third-order valence-corrected chi connectivity index (χ3v) is 3.30. The second kappa shape index (κ2) is 3.47. The predicted molar refractivity (Wildman–Crippen MR) is 58.8 cm³/mol. The van der Waals surface area contributed by atoms with Crippen molar-refractivity contribution >= 4 is 33.2 Å². The Morgan fingerprint density at radius 3 is 2.53 bits per heavy atom. The Balaban J connectivity index is 2.86. The molecule has 4 heteroatoms. The number of fused-ring (bicyclic) bond motifs is 1. The molecule has 0 spiro atoms. The molecule has 0 radical (unpaired) electrons. The number of hydrogen-bond donors (Lipinski definition) is 1. The number of carboxylic acid groups (broad SMARTS) is 1. The van der Waals surface area contributed by atoms with E-state index in [1.807, 2.05) is 12.1 Å². The number of carbonyl (C=O) groups is 2. The molecule has 3 nitrogen and oxygen atoms in total. The van der Waals surface area contributed by atoms with Crippen molar-refractivity contribution in [2.75, 3.05) is 0 Å². The number of aromatic carboxylic acids is 1. The Kier molecular flexibility index (Phi) is 2.28. The molecule has 2 rings (SSSR count). The van der Waals surface area contributed by atoms with Gasteiger partial charge in [0.05, 0.1) is 5.56 Å². The van der Waals surface area contributed by atoms with E-state index in [9.17, 15) is 9.59 Å². The zero-order valence-corrected chi connectivity index (χ0v) is 8.80. The summed E-state index contributed by atoms with van der Waals surface area (Å²) >= 11 is 1.14. The van der Waals surface area contributed by atoms with Crippen molar-refractivity contribution in [2.45, 2.75) is 6.92 Å². The molecule has 0 aliphatic rings. The minimum absolute atomic E-state index is 0.128. The zero-order valence-electron chi connectivity index (χ0n) is 7.98. The maximum absolute atomic E-state index is 11.4. The second-order valence-corrected chi connectivity index (χ2v) is 4.22. The minimum atomic E-state index is -1.04. The Morgan fingerprint density at radius 1 is 1.27 bits per heavy atom. The van der Waals surface area contributed by atoms with Gasteiger partial charge < -0.3 is 5.11 Å². The van der Waals surface area contributed by atoms with E-state index < -0.39 is 5.97 Å². The van der Waals surface area contributed by atoms with Gasteiger partial charge in [0.15, 0.2) is 5.78 Å². The molecule has 76 valence electrons. The van der Waals surface area contributed by atoms with Crippen LogP contribution >= 0.6 is 11.3 Å². The maximum Gasteiger partial charge on any atom is 0.346 e. The van der Waals surface area contributed by atoms with Crippen molar-refractivity contribution in [1.82, 2.24) is 0 Å². The molecule has 1 aromatic heterocycles. The van der Waals surface area contributed by atoms with Gasteiger partial charge in [0.2, 0.25) is 0 Å². The molecule has 0 atom stereocenters. The number of carbonyl (C=O) groups excluding carboxylic acids is 1. The van der Waals surface area contributed by atoms with Gasteiger partial charge in [0, 0.05) is 10.1 Å². The molecule has 2 aromatic rings. The molecule has 0 fully saturated rings. The quantitative estimate of drug-likeness (QED) is 0.792. The molecule has 1 N–H and O–H groups in total. The smallest absolute Gasteiger partial charge is 0.346 e. The molecule has 0 saturated carbocycles. The standard InChI is InChI=1S/C11H8O3S/c1-6(12)9-7-4-2-3-5-8(7)15-10(9)11(13)14/h2-5H,1H3,(H,13,14). The van der Waals surface area contributed by atoms with Crippen LogP contribution in [0.4, 0.5) is 0 Å². The Labute approximate surface area is 90.0 Å². The molecular formula is C11H8O3S. The van der Waals surface area contributed by atoms with E-state index >= 15 is 0 Å². The topological polar surface area (TPSA) is 54.4 Å². The van der Waals surface area contributed by atoms with Crippen LogP contribution in [0.2, 0.25) is 0 Å². The normalized spacial score (nSPS) is 10.5. The fourth-order valence-corrected chi connectivity index (χ4v) is 2.64. The highest BCUT2D eigenvalue weighted by Gasteiger charge is 2.20. The van der Waals surface area contributed by atoms with Gasteiger partial charge in [-0.3, -0.25) is 4.79 Å². The number of Topliss-reactive ketones (excluding diaryl/α,β-unsaturated/α-hetero) is 1. The lowest BCUT2D eigenvalue weighted by atomic mass is 10.1. The summed E-state index contributed by atoms with van der Waals surface area (Å²) in [4.78, 5) is 22.5. The highest BCUT2D eigenvalue weighted by atomic mass is 32.1. The van der Waals surface area contributed by atoms with E-state index in [4.69, 9.17) is 5.11 Å². The van der Waals surface area contributed by atoms with Crippen LogP contribution in [0.15, 0.2) is 24.3 Å². The first-order chi connectivity index (χ1) is 7.11. The van der Waals surface area contributed by atoms with Gasteiger partial charge >= 0.3 is 5.97 Å². The summed E-state index contributed by atoms with van der Waals surface area (Å²) in [5.74, 6) is -1.24. The monoisotopic (exact) mass is 220 g/mol. The number of benzene rings is 1. The van der Waals surface area contributed by atoms with Gasteiger partial charge in [0.1, 0.15) is 4.88 Å². The summed E-state index contributed by atoms with van der Waals surface area (Å²) in [6.07, 6.45) is 0. The highest BCUT2D eigenvalue weighted by Crippen LogP contribution is 2.31. The number of carboxylic acids is 1. The average Bonchev–Trinajstić information content (AvgIpc) is 2.56. The molecule has 1 aromatic carbocycles. The van der Waals surface area contributed by atoms with Gasteiger partial charge in [0.25, 0.3) is 0 Å². The van der Waals surface area contributed by atoms with Crippen molar-refractivity contribution < 1.29 is 14.7 Å². The van der Waals surface area contributed by atoms with Gasteiger partial charge in [-0.05, 0) is 13.0 Å². The Morgan fingerprint density at radius 2 is 1.93 bits per heavy atom. The first kappa shape index (κ1) is 9.86. The number of hydrogen-bond acceptors (Lipinski definition) is 3. The third-order valence-electron chi connectivity index (χ3n) is 2.14. The first-order valence-electron chi connectivity index (χ1n) is 4.37. The third kappa shape index (κ3) is 1.53. The minimum Gasteiger partial charge on any atom is -0.477 e. The van der Waals surface area contributed by atoms with Crippen molar-refractivity contribution in [3.63, 3.8) is 0 Å². The predicted octanol–water partition coefficient (Wildman–Crippen LogP) is 2.80. The molecule has 0 aliphatic carbocycles. The second-order valence-electron chi connectivity index (χ2n) is 3.16. The van der Waals surface area contributed by atoms with Gasteiger partial charge in [-0.1, -0.05) is 18.2 Å². The van der Waals surface area contributed by atoms with Crippen molar-refractivity contribution in [3.05, 3.63) is 34.7 Å². The molecule has 0 saturated heterocycles. The number of ketones is 1. The fraction of sp³-hybridized carbons (Fsp3) is 0.0909. The summed E-state index contributed by atoms with van der Waals surface area (Å²) in [5, 5.41) is 9.70. The van der Waals surface area contributed by atoms with Crippen LogP contribution in [0.3, 0.4) is 0 Å². The number of rotatable bonds is 2. The molecule has 15 heavy (non-hydrogen) atoms. The van der Waals surface area contributed by atoms with Gasteiger partial charge in [-0.2, -0.15) is 0 Å². The molecule has 0 amide bonds. The van der Waals surface area contributed by atoms with Gasteiger partial charge in [-0.15, -0.1) is 11.3 Å². The summed E-state index contributed by atoms with van der Waals surface area (Å²) in [7, 11) is 0. The fourth-order valence-electron chi connectivity index (χ4n) is 1.55. The van der Waals surface area contributed by atoms with Gasteiger partial charge in [-0.25, -0.2) is 4.79 Å². The van der Waals surface area contributed by atoms with E-state index in [1.165, 1.54) is 6.92 Å². The van der Waals surface area contributed by atoms with E-state index in [0.717, 1.165) is 21.4 Å². The molecular weight excluding hydrogens is 212 g/mol. The Hall–Kier alpha value is -1.68. The lowest BCUT2D eigenvalue weighted by Crippen LogP contribution is -2.01. The molecule has 0 bridgehead atoms. The average molecular weight is 220 g/mol. The molecule has 0 unspecified atom stereocenters. The highest BCUT2D eigenvalue weighted by molar-refractivity contribution is 7.21. The van der Waals surface area contributed by atoms with Crippen LogP contribution in [-0.2, 0) is 0 Å². The zero-order chi connectivity index (χ0) is 11.0. The van der Waals surface area contributed by atoms with E-state index in [1.54, 1.807) is 12.1 Å². The van der Waals surface area contributed by atoms with Crippen LogP contribution in [0, 0.1) is 0 Å². The van der Waals surface area contributed by atoms with E-state index in [2.05, 4.69) is 0 Å².